The van der Waals surface area contributed by atoms with Gasteiger partial charge in [0.2, 0.25) is 0 Å². The third-order valence-electron chi connectivity index (χ3n) is 7.40. The van der Waals surface area contributed by atoms with Gasteiger partial charge < -0.3 is 15.2 Å². The monoisotopic (exact) mass is 1110 g/mol. The van der Waals surface area contributed by atoms with Crippen LogP contribution in [0.15, 0.2) is 126 Å². The van der Waals surface area contributed by atoms with E-state index in [2.05, 4.69) is 97.2 Å². The molecule has 0 saturated carbocycles. The third kappa shape index (κ3) is 13.3. The summed E-state index contributed by atoms with van der Waals surface area (Å²) in [5.41, 5.74) is 6.65. The van der Waals surface area contributed by atoms with Gasteiger partial charge in [0.25, 0.3) is 0 Å². The van der Waals surface area contributed by atoms with E-state index in [9.17, 15) is 9.59 Å². The second-order valence-corrected chi connectivity index (χ2v) is 14.8. The van der Waals surface area contributed by atoms with Crippen LogP contribution in [0.2, 0.25) is 0 Å². The molecule has 4 heterocycles. The molecule has 2 radical (unpaired) electrons. The van der Waals surface area contributed by atoms with E-state index in [1.165, 1.54) is 71.0 Å². The van der Waals surface area contributed by atoms with Crippen molar-refractivity contribution in [3.05, 3.63) is 143 Å². The van der Waals surface area contributed by atoms with Crippen molar-refractivity contribution in [3.8, 4) is 22.5 Å². The summed E-state index contributed by atoms with van der Waals surface area (Å²) in [5.74, 6) is -0.125. The first-order valence-electron chi connectivity index (χ1n) is 16.6. The molecule has 6 nitrogen and oxygen atoms in total. The van der Waals surface area contributed by atoms with E-state index >= 15 is 0 Å². The van der Waals surface area contributed by atoms with Crippen LogP contribution >= 0.6 is 22.7 Å². The van der Waals surface area contributed by atoms with Gasteiger partial charge in [0.05, 0.1) is 17.0 Å². The first-order valence-corrected chi connectivity index (χ1v) is 18.3. The number of carbonyl (C=O) groups is 2. The number of para-hydroxylation sites is 1. The van der Waals surface area contributed by atoms with Gasteiger partial charge >= 0.3 is 0 Å². The molecule has 0 saturated heterocycles. The number of pyridine rings is 2. The number of rotatable bonds is 4. The Morgan fingerprint density at radius 1 is 0.685 bits per heavy atom. The Kier molecular flexibility index (Phi) is 18.5. The summed E-state index contributed by atoms with van der Waals surface area (Å²) in [6.45, 7) is 12.4. The van der Waals surface area contributed by atoms with Gasteiger partial charge in [0.1, 0.15) is 0 Å². The summed E-state index contributed by atoms with van der Waals surface area (Å²) in [4.78, 5) is 29.4. The molecule has 0 atom stereocenters. The number of aliphatic hydroxyl groups is 2. The molecule has 0 fully saturated rings. The molecule has 0 spiro atoms. The third-order valence-corrected chi connectivity index (χ3v) is 9.23. The number of aromatic nitrogens is 2. The van der Waals surface area contributed by atoms with Gasteiger partial charge in [-0.25, -0.2) is 0 Å². The van der Waals surface area contributed by atoms with E-state index in [0.717, 1.165) is 28.0 Å². The van der Waals surface area contributed by atoms with Gasteiger partial charge in [-0.15, -0.1) is 94.0 Å². The molecule has 284 valence electrons. The molecular formula is C44H42Ir2N2O4S2-2. The zero-order valence-corrected chi connectivity index (χ0v) is 37.5. The van der Waals surface area contributed by atoms with E-state index in [1.807, 2.05) is 42.6 Å². The van der Waals surface area contributed by atoms with Crippen molar-refractivity contribution in [2.45, 2.75) is 53.9 Å². The zero-order valence-electron chi connectivity index (χ0n) is 31.1. The maximum absolute atomic E-state index is 10.0. The van der Waals surface area contributed by atoms with E-state index in [-0.39, 0.29) is 68.7 Å². The van der Waals surface area contributed by atoms with E-state index in [0.29, 0.717) is 0 Å². The minimum atomic E-state index is -0.125. The van der Waals surface area contributed by atoms with E-state index < -0.39 is 0 Å². The van der Waals surface area contributed by atoms with E-state index in [1.54, 1.807) is 22.7 Å². The molecule has 4 aromatic heterocycles. The minimum Gasteiger partial charge on any atom is -0.512 e. The van der Waals surface area contributed by atoms with Crippen LogP contribution < -0.4 is 0 Å². The Bertz CT molecular complexity index is 2300. The number of hydrogen-bond donors (Lipinski definition) is 2. The molecule has 2 N–H and O–H groups in total. The second kappa shape index (κ2) is 21.7. The van der Waals surface area contributed by atoms with Crippen LogP contribution in [-0.2, 0) is 55.2 Å². The van der Waals surface area contributed by atoms with Crippen LogP contribution in [0, 0.1) is 12.1 Å². The molecule has 10 heteroatoms. The Balaban J connectivity index is 0.000000280. The molecule has 0 aliphatic carbocycles. The van der Waals surface area contributed by atoms with Gasteiger partial charge in [-0.05, 0) is 78.2 Å². The summed E-state index contributed by atoms with van der Waals surface area (Å²) in [6.07, 6.45) is 4.19. The van der Waals surface area contributed by atoms with Gasteiger partial charge in [-0.2, -0.15) is 0 Å². The summed E-state index contributed by atoms with van der Waals surface area (Å²) in [5, 5.41) is 24.6. The van der Waals surface area contributed by atoms with Crippen molar-refractivity contribution in [1.82, 2.24) is 9.97 Å². The van der Waals surface area contributed by atoms with Crippen molar-refractivity contribution in [3.63, 3.8) is 0 Å². The largest absolute Gasteiger partial charge is 0.512 e. The fourth-order valence-corrected chi connectivity index (χ4v) is 6.84. The number of nitrogens with zero attached hydrogens (tertiary/aromatic N) is 2. The second-order valence-electron chi connectivity index (χ2n) is 12.9. The summed E-state index contributed by atoms with van der Waals surface area (Å²) < 4.78 is 2.58. The summed E-state index contributed by atoms with van der Waals surface area (Å²) in [7, 11) is 0. The molecule has 7 rings (SSSR count). The summed E-state index contributed by atoms with van der Waals surface area (Å²) >= 11 is 3.52. The SMILES string of the molecule is CC(=O)C=C(C)O.CC(=O)C=C(C)O.CC(C)(C)c1c[c-]c(-c2nc3ccccc3c3sccc23)cc1.[Ir].[Ir].[c-]1ccccc1-c1nccc2sccc12. The van der Waals surface area contributed by atoms with Crippen molar-refractivity contribution >= 4 is 65.3 Å². The number of aliphatic hydroxyl groups excluding tert-OH is 2. The van der Waals surface area contributed by atoms with Crippen LogP contribution in [-0.4, -0.2) is 31.7 Å². The predicted octanol–water partition coefficient (Wildman–Crippen LogP) is 12.0. The van der Waals surface area contributed by atoms with Crippen LogP contribution in [0.1, 0.15) is 54.0 Å². The Labute approximate surface area is 352 Å². The van der Waals surface area contributed by atoms with Gasteiger partial charge in [0.15, 0.2) is 11.6 Å². The standard InChI is InChI=1S/C21H18NS.C13H8NS.2C5H8O2.2Ir/c1-21(2,3)15-10-8-14(9-11-15)19-17-12-13-23-20(17)16-6-4-5-7-18(16)22-19;1-2-4-10(5-3-1)13-11-7-9-15-12(11)6-8-14-13;2*1-4(6)3-5(2)7;;/h4-8,10-13H,1-3H3;1-4,6-9H;2*3,6H,1-2H3;;/q2*-1;;;;. The zero-order chi connectivity index (χ0) is 37.8. The fraction of sp³-hybridized carbons (Fsp3) is 0.182. The number of benzene rings is 3. The number of allylic oxidation sites excluding steroid dienone is 4. The Morgan fingerprint density at radius 3 is 1.85 bits per heavy atom. The van der Waals surface area contributed by atoms with Crippen molar-refractivity contribution < 1.29 is 60.0 Å². The van der Waals surface area contributed by atoms with E-state index in [4.69, 9.17) is 15.2 Å². The average Bonchev–Trinajstić information content (AvgIpc) is 3.79. The number of ketones is 2. The van der Waals surface area contributed by atoms with Crippen molar-refractivity contribution in [2.24, 2.45) is 0 Å². The van der Waals surface area contributed by atoms with Crippen LogP contribution in [0.4, 0.5) is 0 Å². The van der Waals surface area contributed by atoms with Crippen LogP contribution in [0.3, 0.4) is 0 Å². The maximum atomic E-state index is 10.0. The topological polar surface area (TPSA) is 100 Å². The fourth-order valence-electron chi connectivity index (χ4n) is 5.13. The van der Waals surface area contributed by atoms with Crippen LogP contribution in [0.25, 0.3) is 53.6 Å². The first-order chi connectivity index (χ1) is 24.7. The molecule has 3 aromatic carbocycles. The molecule has 0 unspecified atom stereocenters. The number of carbonyl (C=O) groups excluding carboxylic acids is 2. The quantitative estimate of drug-likeness (QED) is 0.103. The molecular weight excluding hydrogens is 1070 g/mol. The Hall–Kier alpha value is -4.14. The minimum absolute atomic E-state index is 0. The van der Waals surface area contributed by atoms with Gasteiger partial charge in [0, 0.05) is 73.3 Å². The molecule has 7 aromatic rings. The first kappa shape index (κ1) is 46.0. The molecule has 0 bridgehead atoms. The molecule has 0 aliphatic heterocycles. The predicted molar refractivity (Wildman–Crippen MR) is 218 cm³/mol. The number of thiophene rings is 2. The van der Waals surface area contributed by atoms with Gasteiger partial charge in [-0.1, -0.05) is 51.1 Å². The molecule has 0 aliphatic rings. The smallest absolute Gasteiger partial charge is 0.155 e. The number of fused-ring (bicyclic) bond motifs is 4. The van der Waals surface area contributed by atoms with Gasteiger partial charge in [-0.3, -0.25) is 14.6 Å². The number of hydrogen-bond acceptors (Lipinski definition) is 8. The van der Waals surface area contributed by atoms with Crippen molar-refractivity contribution in [1.29, 1.82) is 0 Å². The van der Waals surface area contributed by atoms with Crippen molar-refractivity contribution in [2.75, 3.05) is 0 Å². The maximum Gasteiger partial charge on any atom is 0.155 e. The average molecular weight is 1110 g/mol. The summed E-state index contributed by atoms with van der Waals surface area (Å²) in [6, 6.07) is 35.7. The molecule has 54 heavy (non-hydrogen) atoms. The normalized spacial score (nSPS) is 11.1. The molecule has 0 amide bonds. The van der Waals surface area contributed by atoms with Crippen LogP contribution in [0.5, 0.6) is 0 Å². The Morgan fingerprint density at radius 2 is 1.30 bits per heavy atom.